The standard InChI is InChI=1S/C24H24F7N3O3/c1-13(15-8-16(23(26,27)28)10-17(9-15)24(29,30)31)37-22-21(14-2-4-18(25)5-3-14)34(6-7-36-22)12-19-11-20(35)33-32-19/h2-5,8-10,13,19,21-22,32H,6-7,11-12H2,1H3,(H,33,35). The number of carbonyl (C=O) groups is 1. The third-order valence-electron chi connectivity index (χ3n) is 6.24. The Kier molecular flexibility index (Phi) is 7.79. The number of rotatable bonds is 6. The van der Waals surface area contributed by atoms with Crippen LogP contribution in [0.1, 0.15) is 47.7 Å². The van der Waals surface area contributed by atoms with Gasteiger partial charge in [0, 0.05) is 25.6 Å². The fourth-order valence-corrected chi connectivity index (χ4v) is 4.43. The molecule has 4 atom stereocenters. The molecule has 0 aromatic heterocycles. The molecule has 4 unspecified atom stereocenters. The minimum atomic E-state index is -5.00. The molecule has 2 aliphatic rings. The van der Waals surface area contributed by atoms with Crippen molar-refractivity contribution in [3.63, 3.8) is 0 Å². The summed E-state index contributed by atoms with van der Waals surface area (Å²) in [7, 11) is 0. The summed E-state index contributed by atoms with van der Waals surface area (Å²) < 4.78 is 105. The number of carbonyl (C=O) groups excluding carboxylic acids is 1. The highest BCUT2D eigenvalue weighted by atomic mass is 19.4. The first-order chi connectivity index (χ1) is 17.3. The van der Waals surface area contributed by atoms with Crippen LogP contribution in [0.15, 0.2) is 42.5 Å². The van der Waals surface area contributed by atoms with E-state index in [0.29, 0.717) is 30.8 Å². The normalized spacial score (nSPS) is 24.2. The quantitative estimate of drug-likeness (QED) is 0.524. The van der Waals surface area contributed by atoms with E-state index in [9.17, 15) is 35.5 Å². The van der Waals surface area contributed by atoms with Crippen LogP contribution in [-0.4, -0.2) is 42.8 Å². The minimum absolute atomic E-state index is 0.0559. The lowest BCUT2D eigenvalue weighted by Crippen LogP contribution is -2.51. The molecule has 0 radical (unpaired) electrons. The lowest BCUT2D eigenvalue weighted by atomic mass is 10.00. The van der Waals surface area contributed by atoms with E-state index in [2.05, 4.69) is 10.9 Å². The zero-order valence-electron chi connectivity index (χ0n) is 19.5. The number of hydrogen-bond donors (Lipinski definition) is 2. The highest BCUT2D eigenvalue weighted by Gasteiger charge is 2.40. The van der Waals surface area contributed by atoms with Crippen LogP contribution in [0.2, 0.25) is 0 Å². The number of morpholine rings is 1. The van der Waals surface area contributed by atoms with E-state index >= 15 is 0 Å². The van der Waals surface area contributed by atoms with Gasteiger partial charge in [0.15, 0.2) is 6.29 Å². The first-order valence-electron chi connectivity index (χ1n) is 11.4. The lowest BCUT2D eigenvalue weighted by Gasteiger charge is -2.42. The van der Waals surface area contributed by atoms with Gasteiger partial charge in [0.2, 0.25) is 5.91 Å². The number of benzene rings is 2. The number of hydrazine groups is 1. The van der Waals surface area contributed by atoms with Gasteiger partial charge in [-0.1, -0.05) is 12.1 Å². The fourth-order valence-electron chi connectivity index (χ4n) is 4.43. The zero-order chi connectivity index (χ0) is 27.0. The van der Waals surface area contributed by atoms with Crippen molar-refractivity contribution in [2.24, 2.45) is 0 Å². The fraction of sp³-hybridized carbons (Fsp3) is 0.458. The Bertz CT molecular complexity index is 1080. The van der Waals surface area contributed by atoms with Gasteiger partial charge in [-0.2, -0.15) is 26.3 Å². The van der Waals surface area contributed by atoms with Crippen molar-refractivity contribution < 1.29 is 45.0 Å². The Morgan fingerprint density at radius 3 is 2.22 bits per heavy atom. The molecule has 0 bridgehead atoms. The van der Waals surface area contributed by atoms with Crippen molar-refractivity contribution in [3.05, 3.63) is 70.5 Å². The summed E-state index contributed by atoms with van der Waals surface area (Å²) >= 11 is 0. The van der Waals surface area contributed by atoms with Crippen LogP contribution >= 0.6 is 0 Å². The average Bonchev–Trinajstić information content (AvgIpc) is 3.23. The van der Waals surface area contributed by atoms with Gasteiger partial charge in [0.25, 0.3) is 0 Å². The van der Waals surface area contributed by atoms with E-state index in [-0.39, 0.29) is 36.6 Å². The summed E-state index contributed by atoms with van der Waals surface area (Å²) in [5, 5.41) is 0. The highest BCUT2D eigenvalue weighted by Crippen LogP contribution is 2.39. The van der Waals surface area contributed by atoms with Crippen LogP contribution in [0.3, 0.4) is 0 Å². The van der Waals surface area contributed by atoms with Gasteiger partial charge >= 0.3 is 12.4 Å². The van der Waals surface area contributed by atoms with E-state index in [4.69, 9.17) is 9.47 Å². The molecule has 6 nitrogen and oxygen atoms in total. The van der Waals surface area contributed by atoms with Gasteiger partial charge in [-0.25, -0.2) is 9.82 Å². The molecule has 0 saturated carbocycles. The van der Waals surface area contributed by atoms with Gasteiger partial charge in [0.1, 0.15) is 5.82 Å². The number of amides is 1. The van der Waals surface area contributed by atoms with Crippen molar-refractivity contribution in [3.8, 4) is 0 Å². The van der Waals surface area contributed by atoms with E-state index in [0.717, 1.165) is 0 Å². The molecule has 2 saturated heterocycles. The van der Waals surface area contributed by atoms with Crippen LogP contribution in [0.4, 0.5) is 30.7 Å². The van der Waals surface area contributed by atoms with E-state index in [1.54, 1.807) is 0 Å². The molecular formula is C24H24F7N3O3. The molecule has 202 valence electrons. The maximum absolute atomic E-state index is 13.6. The van der Waals surface area contributed by atoms with Gasteiger partial charge in [-0.05, 0) is 48.4 Å². The summed E-state index contributed by atoms with van der Waals surface area (Å²) in [5.74, 6) is -0.684. The molecule has 2 aromatic carbocycles. The Hall–Kier alpha value is -2.74. The van der Waals surface area contributed by atoms with Crippen LogP contribution in [-0.2, 0) is 26.6 Å². The molecule has 2 N–H and O–H groups in total. The Balaban J connectivity index is 1.63. The molecule has 1 amide bonds. The smallest absolute Gasteiger partial charge is 0.349 e. The molecule has 2 fully saturated rings. The first-order valence-corrected chi connectivity index (χ1v) is 11.4. The topological polar surface area (TPSA) is 62.8 Å². The van der Waals surface area contributed by atoms with Crippen LogP contribution in [0.25, 0.3) is 0 Å². The second-order valence-corrected chi connectivity index (χ2v) is 8.94. The highest BCUT2D eigenvalue weighted by molar-refractivity contribution is 5.78. The van der Waals surface area contributed by atoms with E-state index < -0.39 is 47.7 Å². The molecule has 13 heteroatoms. The first kappa shape index (κ1) is 27.3. The third kappa shape index (κ3) is 6.58. The third-order valence-corrected chi connectivity index (χ3v) is 6.24. The molecule has 0 spiro atoms. The molecule has 4 rings (SSSR count). The van der Waals surface area contributed by atoms with Gasteiger partial charge in [-0.15, -0.1) is 0 Å². The summed E-state index contributed by atoms with van der Waals surface area (Å²) in [6.07, 6.45) is -12.1. The Morgan fingerprint density at radius 1 is 1.05 bits per heavy atom. The molecule has 2 aromatic rings. The molecular weight excluding hydrogens is 511 g/mol. The SMILES string of the molecule is CC(OC1OCCN(CC2CC(=O)NN2)C1c1ccc(F)cc1)c1cc(C(F)(F)F)cc(C(F)(F)F)c1. The number of nitrogens with one attached hydrogen (secondary N) is 2. The van der Waals surface area contributed by atoms with Gasteiger partial charge < -0.3 is 9.47 Å². The van der Waals surface area contributed by atoms with Gasteiger partial charge in [-0.3, -0.25) is 15.1 Å². The van der Waals surface area contributed by atoms with Crippen molar-refractivity contribution in [1.29, 1.82) is 0 Å². The summed E-state index contributed by atoms with van der Waals surface area (Å²) in [4.78, 5) is 13.5. The summed E-state index contributed by atoms with van der Waals surface area (Å²) in [6.45, 7) is 2.23. The number of ether oxygens (including phenoxy) is 2. The van der Waals surface area contributed by atoms with Crippen LogP contribution in [0, 0.1) is 5.82 Å². The minimum Gasteiger partial charge on any atom is -0.349 e. The maximum Gasteiger partial charge on any atom is 0.416 e. The number of hydrogen-bond acceptors (Lipinski definition) is 5. The molecule has 2 heterocycles. The molecule has 2 aliphatic heterocycles. The van der Waals surface area contributed by atoms with Crippen molar-refractivity contribution >= 4 is 5.91 Å². The summed E-state index contributed by atoms with van der Waals surface area (Å²) in [5.41, 5.74) is 2.72. The lowest BCUT2D eigenvalue weighted by molar-refractivity contribution is -0.230. The Morgan fingerprint density at radius 2 is 1.68 bits per heavy atom. The second kappa shape index (κ2) is 10.6. The van der Waals surface area contributed by atoms with Crippen molar-refractivity contribution in [1.82, 2.24) is 15.8 Å². The van der Waals surface area contributed by atoms with Crippen molar-refractivity contribution in [2.75, 3.05) is 19.7 Å². The second-order valence-electron chi connectivity index (χ2n) is 8.94. The predicted octanol–water partition coefficient (Wildman–Crippen LogP) is 4.73. The largest absolute Gasteiger partial charge is 0.416 e. The number of nitrogens with zero attached hydrogens (tertiary/aromatic N) is 1. The number of alkyl halides is 6. The van der Waals surface area contributed by atoms with Gasteiger partial charge in [0.05, 0.1) is 29.9 Å². The van der Waals surface area contributed by atoms with Crippen molar-refractivity contribution in [2.45, 2.75) is 50.2 Å². The Labute approximate surface area is 207 Å². The van der Waals surface area contributed by atoms with Crippen LogP contribution in [0.5, 0.6) is 0 Å². The molecule has 37 heavy (non-hydrogen) atoms. The summed E-state index contributed by atoms with van der Waals surface area (Å²) in [6, 6.07) is 5.81. The zero-order valence-corrected chi connectivity index (χ0v) is 19.5. The average molecular weight is 535 g/mol. The van der Waals surface area contributed by atoms with Crippen LogP contribution < -0.4 is 10.9 Å². The maximum atomic E-state index is 13.6. The monoisotopic (exact) mass is 535 g/mol. The molecule has 0 aliphatic carbocycles. The predicted molar refractivity (Wildman–Crippen MR) is 116 cm³/mol. The number of halogens is 7. The van der Waals surface area contributed by atoms with E-state index in [1.165, 1.54) is 31.2 Å². The van der Waals surface area contributed by atoms with E-state index in [1.807, 2.05) is 4.90 Å².